The van der Waals surface area contributed by atoms with Crippen molar-refractivity contribution in [2.45, 2.75) is 12.8 Å². The number of rotatable bonds is 5. The monoisotopic (exact) mass is 747 g/mol. The van der Waals surface area contributed by atoms with Gasteiger partial charge in [0.15, 0.2) is 0 Å². The summed E-state index contributed by atoms with van der Waals surface area (Å²) in [6, 6.07) is 46.1. The van der Waals surface area contributed by atoms with Gasteiger partial charge in [0.1, 0.15) is 0 Å². The first-order valence-corrected chi connectivity index (χ1v) is 13.7. The Morgan fingerprint density at radius 3 is 2.02 bits per heavy atom. The molecule has 1 aliphatic carbocycles. The van der Waals surface area contributed by atoms with Gasteiger partial charge in [0.2, 0.25) is 0 Å². The van der Waals surface area contributed by atoms with Crippen LogP contribution in [0.2, 0.25) is 0 Å². The number of halogens is 2. The van der Waals surface area contributed by atoms with Gasteiger partial charge in [0.05, 0.1) is 0 Å². The minimum Gasteiger partial charge on any atom is -1.00 e. The predicted octanol–water partition coefficient (Wildman–Crippen LogP) is 4.35. The maximum absolute atomic E-state index is 2.36. The Kier molecular flexibility index (Phi) is 10.3. The van der Waals surface area contributed by atoms with Crippen molar-refractivity contribution in [2.75, 3.05) is 0 Å². The first kappa shape index (κ1) is 31.6. The van der Waals surface area contributed by atoms with E-state index in [4.69, 9.17) is 0 Å². The van der Waals surface area contributed by atoms with E-state index in [1.807, 2.05) is 0 Å². The Morgan fingerprint density at radius 2 is 1.33 bits per heavy atom. The van der Waals surface area contributed by atoms with Crippen LogP contribution in [-0.2, 0) is 25.8 Å². The molecule has 0 N–H and O–H groups in total. The van der Waals surface area contributed by atoms with E-state index < -0.39 is 0 Å². The largest absolute Gasteiger partial charge is 1.00 e. The maximum Gasteiger partial charge on any atom is 0.00120 e. The summed E-state index contributed by atoms with van der Waals surface area (Å²) in [7, 11) is 0. The minimum absolute atomic E-state index is 0. The molecule has 7 rings (SSSR count). The summed E-state index contributed by atoms with van der Waals surface area (Å²) in [6.45, 7) is 2.24. The van der Waals surface area contributed by atoms with E-state index in [-0.39, 0.29) is 56.6 Å². The molecule has 3 heteroatoms. The van der Waals surface area contributed by atoms with Gasteiger partial charge in [0, 0.05) is 31.8 Å². The maximum atomic E-state index is 2.36. The van der Waals surface area contributed by atoms with Gasteiger partial charge in [0.25, 0.3) is 0 Å². The quantitative estimate of drug-likeness (QED) is 0.140. The first-order chi connectivity index (χ1) is 19.3. The van der Waals surface area contributed by atoms with E-state index in [0.717, 1.165) is 0 Å². The van der Waals surface area contributed by atoms with Crippen LogP contribution in [0.3, 0.4) is 0 Å². The molecule has 42 heavy (non-hydrogen) atoms. The topological polar surface area (TPSA) is 0 Å². The molecule has 0 saturated carbocycles. The second-order valence-corrected chi connectivity index (χ2v) is 10.4. The molecule has 1 unspecified atom stereocenters. The Balaban J connectivity index is 0.00000135. The number of fused-ring (bicyclic) bond motifs is 3. The van der Waals surface area contributed by atoms with Crippen LogP contribution in [-0.4, -0.2) is 0 Å². The van der Waals surface area contributed by atoms with E-state index in [1.54, 1.807) is 0 Å². The van der Waals surface area contributed by atoms with Crippen LogP contribution in [0.5, 0.6) is 0 Å². The van der Waals surface area contributed by atoms with Gasteiger partial charge >= 0.3 is 0 Å². The van der Waals surface area contributed by atoms with Gasteiger partial charge in [-0.05, 0) is 52.0 Å². The Labute approximate surface area is 279 Å². The molecule has 0 fully saturated rings. The van der Waals surface area contributed by atoms with E-state index >= 15 is 0 Å². The normalized spacial score (nSPS) is 13.5. The van der Waals surface area contributed by atoms with Crippen LogP contribution in [0.15, 0.2) is 146 Å². The third-order valence-corrected chi connectivity index (χ3v) is 7.98. The van der Waals surface area contributed by atoms with Crippen molar-refractivity contribution in [1.29, 1.82) is 0 Å². The van der Waals surface area contributed by atoms with Crippen LogP contribution >= 0.6 is 0 Å². The third kappa shape index (κ3) is 5.92. The molecular weight excluding hydrogens is 718 g/mol. The van der Waals surface area contributed by atoms with Crippen molar-refractivity contribution in [3.63, 3.8) is 0 Å². The zero-order chi connectivity index (χ0) is 26.2. The zero-order valence-corrected chi connectivity index (χ0v) is 28.4. The molecule has 0 saturated heterocycles. The number of hydrogen-bond acceptors (Lipinski definition) is 0. The molecule has 0 aliphatic heterocycles. The Morgan fingerprint density at radius 1 is 0.690 bits per heavy atom. The third-order valence-electron chi connectivity index (χ3n) is 7.98. The summed E-state index contributed by atoms with van der Waals surface area (Å²) in [5, 5.41) is 5.34. The summed E-state index contributed by atoms with van der Waals surface area (Å²) in [4.78, 5) is 0. The Hall–Kier alpha value is -3.36. The molecule has 1 atom stereocenters. The van der Waals surface area contributed by atoms with Crippen molar-refractivity contribution in [2.24, 2.45) is 0 Å². The van der Waals surface area contributed by atoms with Crippen molar-refractivity contribution in [3.8, 4) is 0 Å². The average Bonchev–Trinajstić information content (AvgIpc) is 3.62. The SMILES string of the molecule is Cc1cc(C=C(c2ccccc2)c2ccccc2)ccc1C1=CC=CC1c1cccc2c1[cH-]c1ccccc12.[Cl-].[Cl-].[Hf]. The predicted molar refractivity (Wildman–Crippen MR) is 168 cm³/mol. The molecule has 0 amide bonds. The number of allylic oxidation sites excluding steroid dienone is 4. The van der Waals surface area contributed by atoms with Crippen LogP contribution in [0.4, 0.5) is 0 Å². The standard InChI is InChI=1S/C39H29.2ClH.Hf/c1-27-24-28(25-38(29-12-4-2-5-13-29)30-14-6-3-7-15-30)22-23-32(27)34-18-10-20-36(34)37-21-11-19-35-33-17-9-8-16-31(33)26-39(35)37;;;/h2-26,36H,1H3;2*1H;/q-1;;;/p-2. The van der Waals surface area contributed by atoms with Crippen molar-refractivity contribution in [3.05, 3.63) is 179 Å². The van der Waals surface area contributed by atoms with Crippen LogP contribution in [0, 0.1) is 6.92 Å². The number of hydrogen-bond donors (Lipinski definition) is 0. The minimum atomic E-state index is 0. The van der Waals surface area contributed by atoms with Crippen molar-refractivity contribution < 1.29 is 50.7 Å². The molecule has 0 heterocycles. The van der Waals surface area contributed by atoms with Gasteiger partial charge in [-0.25, -0.2) is 0 Å². The molecule has 206 valence electrons. The van der Waals surface area contributed by atoms with E-state index in [2.05, 4.69) is 159 Å². The van der Waals surface area contributed by atoms with Gasteiger partial charge < -0.3 is 24.8 Å². The summed E-state index contributed by atoms with van der Waals surface area (Å²) in [5.74, 6) is 0.245. The van der Waals surface area contributed by atoms with Crippen LogP contribution in [0.25, 0.3) is 38.8 Å². The molecule has 0 nitrogen and oxygen atoms in total. The van der Waals surface area contributed by atoms with E-state index in [0.29, 0.717) is 0 Å². The molecule has 6 aromatic rings. The smallest absolute Gasteiger partial charge is 0.00120 e. The first-order valence-electron chi connectivity index (χ1n) is 13.7. The van der Waals surface area contributed by atoms with Gasteiger partial charge in [-0.3, -0.25) is 0 Å². The van der Waals surface area contributed by atoms with Gasteiger partial charge in [-0.1, -0.05) is 139 Å². The molecule has 0 radical (unpaired) electrons. The second kappa shape index (κ2) is 13.7. The molecule has 1 aliphatic rings. The van der Waals surface area contributed by atoms with Crippen molar-refractivity contribution in [1.82, 2.24) is 0 Å². The summed E-state index contributed by atoms with van der Waals surface area (Å²) >= 11 is 0. The molecule has 0 aromatic heterocycles. The fourth-order valence-corrected chi connectivity index (χ4v) is 6.12. The van der Waals surface area contributed by atoms with Crippen molar-refractivity contribution >= 4 is 38.8 Å². The molecule has 0 bridgehead atoms. The average molecular weight is 747 g/mol. The Bertz CT molecular complexity index is 1870. The molecular formula is C39H29Cl2Hf-3. The summed E-state index contributed by atoms with van der Waals surface area (Å²) in [5.41, 5.74) is 10.3. The van der Waals surface area contributed by atoms with Gasteiger partial charge in [-0.15, -0.1) is 33.7 Å². The zero-order valence-electron chi connectivity index (χ0n) is 23.3. The fourth-order valence-electron chi connectivity index (χ4n) is 6.12. The van der Waals surface area contributed by atoms with Gasteiger partial charge in [-0.2, -0.15) is 0 Å². The van der Waals surface area contributed by atoms with E-state index in [1.165, 1.54) is 66.1 Å². The summed E-state index contributed by atoms with van der Waals surface area (Å²) < 4.78 is 0. The molecule has 6 aromatic carbocycles. The number of benzene rings is 5. The van der Waals surface area contributed by atoms with Crippen LogP contribution < -0.4 is 24.8 Å². The summed E-state index contributed by atoms with van der Waals surface area (Å²) in [6.07, 6.45) is 9.18. The fraction of sp³-hybridized carbons (Fsp3) is 0.0513. The van der Waals surface area contributed by atoms with E-state index in [9.17, 15) is 0 Å². The second-order valence-electron chi connectivity index (χ2n) is 10.4. The van der Waals surface area contributed by atoms with Crippen LogP contribution in [0.1, 0.15) is 39.3 Å². The molecule has 0 spiro atoms. The number of aryl methyl sites for hydroxylation is 1.